The number of rotatable bonds is 5. The standard InChI is InChI=1S/C15H15BrN2OS/c16-13-5-7-14(8-6-13)20-10-12-4-2-1-3-11(12)9-15(19)18-17/h1-8H,9-10,17H2,(H,18,19). The molecule has 1 amide bonds. The molecule has 0 saturated heterocycles. The summed E-state index contributed by atoms with van der Waals surface area (Å²) in [4.78, 5) is 12.6. The lowest BCUT2D eigenvalue weighted by Gasteiger charge is -2.08. The van der Waals surface area contributed by atoms with Crippen molar-refractivity contribution in [1.29, 1.82) is 0 Å². The van der Waals surface area contributed by atoms with Gasteiger partial charge in [-0.2, -0.15) is 0 Å². The fraction of sp³-hybridized carbons (Fsp3) is 0.133. The van der Waals surface area contributed by atoms with Gasteiger partial charge in [0.05, 0.1) is 6.42 Å². The van der Waals surface area contributed by atoms with Gasteiger partial charge in [0.25, 0.3) is 0 Å². The van der Waals surface area contributed by atoms with Gasteiger partial charge in [-0.05, 0) is 35.4 Å². The second-order valence-corrected chi connectivity index (χ2v) is 6.22. The predicted octanol–water partition coefficient (Wildman–Crippen LogP) is 3.27. The molecule has 0 unspecified atom stereocenters. The second-order valence-electron chi connectivity index (χ2n) is 4.26. The van der Waals surface area contributed by atoms with Gasteiger partial charge >= 0.3 is 0 Å². The summed E-state index contributed by atoms with van der Waals surface area (Å²) in [5, 5.41) is 0. The summed E-state index contributed by atoms with van der Waals surface area (Å²) in [6, 6.07) is 16.1. The molecule has 20 heavy (non-hydrogen) atoms. The maximum absolute atomic E-state index is 11.4. The number of benzene rings is 2. The Hall–Kier alpha value is -1.30. The van der Waals surface area contributed by atoms with Crippen molar-refractivity contribution in [3.8, 4) is 0 Å². The van der Waals surface area contributed by atoms with E-state index in [9.17, 15) is 4.79 Å². The first-order valence-corrected chi connectivity index (χ1v) is 7.91. The largest absolute Gasteiger partial charge is 0.294 e. The van der Waals surface area contributed by atoms with E-state index in [1.165, 1.54) is 4.90 Å². The van der Waals surface area contributed by atoms with E-state index in [0.29, 0.717) is 6.42 Å². The van der Waals surface area contributed by atoms with E-state index in [4.69, 9.17) is 5.84 Å². The number of hydrogen-bond acceptors (Lipinski definition) is 3. The Labute approximate surface area is 131 Å². The van der Waals surface area contributed by atoms with Gasteiger partial charge in [-0.25, -0.2) is 5.84 Å². The van der Waals surface area contributed by atoms with Crippen molar-refractivity contribution in [2.75, 3.05) is 0 Å². The highest BCUT2D eigenvalue weighted by atomic mass is 79.9. The first kappa shape index (κ1) is 15.1. The third kappa shape index (κ3) is 4.37. The molecule has 0 radical (unpaired) electrons. The van der Waals surface area contributed by atoms with Gasteiger partial charge in [0.1, 0.15) is 0 Å². The van der Waals surface area contributed by atoms with E-state index >= 15 is 0 Å². The van der Waals surface area contributed by atoms with Crippen LogP contribution in [0.5, 0.6) is 0 Å². The van der Waals surface area contributed by atoms with Crippen molar-refractivity contribution < 1.29 is 4.79 Å². The molecule has 0 aliphatic carbocycles. The normalized spacial score (nSPS) is 10.3. The van der Waals surface area contributed by atoms with Crippen molar-refractivity contribution in [2.45, 2.75) is 17.1 Å². The van der Waals surface area contributed by atoms with E-state index in [2.05, 4.69) is 33.5 Å². The molecule has 2 aromatic carbocycles. The zero-order valence-corrected chi connectivity index (χ0v) is 13.2. The number of nitrogens with two attached hydrogens (primary N) is 1. The maximum atomic E-state index is 11.4. The van der Waals surface area contributed by atoms with Gasteiger partial charge in [0, 0.05) is 15.1 Å². The van der Waals surface area contributed by atoms with E-state index in [1.807, 2.05) is 36.4 Å². The number of amides is 1. The quantitative estimate of drug-likeness (QED) is 0.376. The Balaban J connectivity index is 2.05. The van der Waals surface area contributed by atoms with Crippen LogP contribution in [0.15, 0.2) is 57.9 Å². The summed E-state index contributed by atoms with van der Waals surface area (Å²) in [5.74, 6) is 5.79. The Kier molecular flexibility index (Phi) is 5.64. The molecule has 3 nitrogen and oxygen atoms in total. The van der Waals surface area contributed by atoms with Gasteiger partial charge in [-0.3, -0.25) is 10.2 Å². The Morgan fingerprint density at radius 1 is 1.10 bits per heavy atom. The lowest BCUT2D eigenvalue weighted by molar-refractivity contribution is -0.120. The van der Waals surface area contributed by atoms with Crippen LogP contribution in [-0.4, -0.2) is 5.91 Å². The molecule has 0 aromatic heterocycles. The molecule has 3 N–H and O–H groups in total. The third-order valence-corrected chi connectivity index (χ3v) is 4.43. The van der Waals surface area contributed by atoms with Gasteiger partial charge < -0.3 is 0 Å². The fourth-order valence-electron chi connectivity index (χ4n) is 1.79. The molecule has 0 aliphatic heterocycles. The molecular formula is C15H15BrN2OS. The summed E-state index contributed by atoms with van der Waals surface area (Å²) in [6.07, 6.45) is 0.313. The zero-order valence-electron chi connectivity index (χ0n) is 10.8. The minimum Gasteiger partial charge on any atom is -0.294 e. The molecule has 104 valence electrons. The van der Waals surface area contributed by atoms with Crippen LogP contribution in [0.25, 0.3) is 0 Å². The molecular weight excluding hydrogens is 336 g/mol. The van der Waals surface area contributed by atoms with Crippen LogP contribution in [0, 0.1) is 0 Å². The lowest BCUT2D eigenvalue weighted by Crippen LogP contribution is -2.31. The van der Waals surface area contributed by atoms with Crippen LogP contribution < -0.4 is 11.3 Å². The van der Waals surface area contributed by atoms with Crippen molar-refractivity contribution in [1.82, 2.24) is 5.43 Å². The highest BCUT2D eigenvalue weighted by molar-refractivity contribution is 9.10. The van der Waals surface area contributed by atoms with Crippen molar-refractivity contribution >= 4 is 33.6 Å². The summed E-state index contributed by atoms with van der Waals surface area (Å²) in [6.45, 7) is 0. The average molecular weight is 351 g/mol. The van der Waals surface area contributed by atoms with Gasteiger partial charge in [-0.1, -0.05) is 40.2 Å². The van der Waals surface area contributed by atoms with Crippen molar-refractivity contribution in [3.05, 3.63) is 64.1 Å². The molecule has 0 heterocycles. The molecule has 2 rings (SSSR count). The summed E-state index contributed by atoms with van der Waals surface area (Å²) < 4.78 is 1.07. The van der Waals surface area contributed by atoms with E-state index < -0.39 is 0 Å². The van der Waals surface area contributed by atoms with E-state index in [0.717, 1.165) is 21.4 Å². The van der Waals surface area contributed by atoms with Gasteiger partial charge in [0.2, 0.25) is 5.91 Å². The predicted molar refractivity (Wildman–Crippen MR) is 86.2 cm³/mol. The number of carbonyl (C=O) groups is 1. The summed E-state index contributed by atoms with van der Waals surface area (Å²) in [7, 11) is 0. The minimum atomic E-state index is -0.175. The highest BCUT2D eigenvalue weighted by Crippen LogP contribution is 2.26. The fourth-order valence-corrected chi connectivity index (χ4v) is 2.98. The SMILES string of the molecule is NNC(=O)Cc1ccccc1CSc1ccc(Br)cc1. The maximum Gasteiger partial charge on any atom is 0.238 e. The molecule has 0 atom stereocenters. The average Bonchev–Trinajstić information content (AvgIpc) is 2.48. The molecule has 2 aromatic rings. The molecule has 0 aliphatic rings. The third-order valence-electron chi connectivity index (χ3n) is 2.84. The highest BCUT2D eigenvalue weighted by Gasteiger charge is 2.07. The monoisotopic (exact) mass is 350 g/mol. The smallest absolute Gasteiger partial charge is 0.238 e. The van der Waals surface area contributed by atoms with E-state index in [-0.39, 0.29) is 5.91 Å². The molecule has 0 bridgehead atoms. The number of thioether (sulfide) groups is 1. The second kappa shape index (κ2) is 7.47. The molecule has 0 saturated carbocycles. The molecule has 5 heteroatoms. The number of hydrazine groups is 1. The topological polar surface area (TPSA) is 55.1 Å². The number of halogens is 1. The van der Waals surface area contributed by atoms with Crippen molar-refractivity contribution in [3.63, 3.8) is 0 Å². The van der Waals surface area contributed by atoms with Crippen LogP contribution >= 0.6 is 27.7 Å². The Bertz CT molecular complexity index is 587. The van der Waals surface area contributed by atoms with E-state index in [1.54, 1.807) is 11.8 Å². The number of nitrogens with one attached hydrogen (secondary N) is 1. The molecule has 0 fully saturated rings. The van der Waals surface area contributed by atoms with Gasteiger partial charge in [-0.15, -0.1) is 11.8 Å². The minimum absolute atomic E-state index is 0.175. The first-order valence-electron chi connectivity index (χ1n) is 6.13. The molecule has 0 spiro atoms. The number of carbonyl (C=O) groups excluding carboxylic acids is 1. The lowest BCUT2D eigenvalue weighted by atomic mass is 10.1. The first-order chi connectivity index (χ1) is 9.69. The van der Waals surface area contributed by atoms with Gasteiger partial charge in [0.15, 0.2) is 0 Å². The Morgan fingerprint density at radius 3 is 2.40 bits per heavy atom. The van der Waals surface area contributed by atoms with Crippen LogP contribution in [0.2, 0.25) is 0 Å². The Morgan fingerprint density at radius 2 is 1.75 bits per heavy atom. The van der Waals surface area contributed by atoms with Crippen LogP contribution in [-0.2, 0) is 17.0 Å². The number of hydrogen-bond donors (Lipinski definition) is 2. The summed E-state index contributed by atoms with van der Waals surface area (Å²) in [5.41, 5.74) is 4.34. The van der Waals surface area contributed by atoms with Crippen LogP contribution in [0.1, 0.15) is 11.1 Å². The van der Waals surface area contributed by atoms with Crippen LogP contribution in [0.3, 0.4) is 0 Å². The van der Waals surface area contributed by atoms with Crippen molar-refractivity contribution in [2.24, 2.45) is 5.84 Å². The zero-order chi connectivity index (χ0) is 14.4. The van der Waals surface area contributed by atoms with Crippen LogP contribution in [0.4, 0.5) is 0 Å². The summed E-state index contributed by atoms with van der Waals surface area (Å²) >= 11 is 5.17.